The number of carbonyl (C=O) groups excluding carboxylic acids is 3. The van der Waals surface area contributed by atoms with E-state index in [4.69, 9.17) is 0 Å². The Morgan fingerprint density at radius 3 is 2.42 bits per heavy atom. The second kappa shape index (κ2) is 10.9. The van der Waals surface area contributed by atoms with Crippen molar-refractivity contribution in [2.75, 3.05) is 46.7 Å². The molecule has 2 N–H and O–H groups in total. The average Bonchev–Trinajstić information content (AvgIpc) is 2.63. The second-order valence-electron chi connectivity index (χ2n) is 5.66. The molecule has 0 aliphatic heterocycles. The number of benzene rings is 1. The number of hydrogen-bond acceptors (Lipinski definition) is 7. The number of methoxy groups -OCH3 is 2. The predicted molar refractivity (Wildman–Crippen MR) is 97.7 cm³/mol. The first kappa shape index (κ1) is 21.2. The summed E-state index contributed by atoms with van der Waals surface area (Å²) in [6, 6.07) is 6.67. The first-order valence-electron chi connectivity index (χ1n) is 8.06. The fourth-order valence-corrected chi connectivity index (χ4v) is 2.06. The number of nitrogens with zero attached hydrogens (tertiary/aromatic N) is 1. The van der Waals surface area contributed by atoms with Crippen LogP contribution in [0.4, 0.5) is 5.69 Å². The maximum atomic E-state index is 12.4. The Morgan fingerprint density at radius 2 is 1.81 bits per heavy atom. The van der Waals surface area contributed by atoms with Crippen molar-refractivity contribution in [3.05, 3.63) is 41.6 Å². The van der Waals surface area contributed by atoms with Crippen molar-refractivity contribution < 1.29 is 23.9 Å². The average molecular weight is 363 g/mol. The molecule has 0 aliphatic carbocycles. The molecule has 1 rings (SSSR count). The van der Waals surface area contributed by atoms with Crippen molar-refractivity contribution in [1.82, 2.24) is 10.2 Å². The summed E-state index contributed by atoms with van der Waals surface area (Å²) in [5, 5.41) is 5.60. The van der Waals surface area contributed by atoms with E-state index in [9.17, 15) is 14.4 Å². The van der Waals surface area contributed by atoms with E-state index in [1.807, 2.05) is 19.0 Å². The summed E-state index contributed by atoms with van der Waals surface area (Å²) in [5.41, 5.74) is 0.586. The Bertz CT molecular complexity index is 671. The summed E-state index contributed by atoms with van der Waals surface area (Å²) in [4.78, 5) is 37.8. The first-order chi connectivity index (χ1) is 12.4. The number of esters is 2. The van der Waals surface area contributed by atoms with Gasteiger partial charge in [-0.1, -0.05) is 12.1 Å². The van der Waals surface area contributed by atoms with E-state index in [2.05, 4.69) is 20.1 Å². The van der Waals surface area contributed by atoms with Gasteiger partial charge in [-0.05, 0) is 39.2 Å². The largest absolute Gasteiger partial charge is 0.466 e. The molecule has 1 aromatic carbocycles. The van der Waals surface area contributed by atoms with Crippen molar-refractivity contribution >= 4 is 23.5 Å². The van der Waals surface area contributed by atoms with Crippen molar-refractivity contribution in [2.45, 2.75) is 6.42 Å². The van der Waals surface area contributed by atoms with Crippen LogP contribution in [0.25, 0.3) is 0 Å². The van der Waals surface area contributed by atoms with Gasteiger partial charge in [-0.2, -0.15) is 0 Å². The molecule has 1 amide bonds. The predicted octanol–water partition coefficient (Wildman–Crippen LogP) is 1.01. The quantitative estimate of drug-likeness (QED) is 0.384. The van der Waals surface area contributed by atoms with Gasteiger partial charge in [0, 0.05) is 6.54 Å². The first-order valence-corrected chi connectivity index (χ1v) is 8.06. The van der Waals surface area contributed by atoms with Crippen LogP contribution in [-0.4, -0.2) is 64.2 Å². The summed E-state index contributed by atoms with van der Waals surface area (Å²) in [7, 11) is 6.31. The standard InChI is InChI=1S/C18H25N3O5/c1-21(2)11-7-10-19-17(23)13-8-5-6-9-14(13)20-15(18(24)26-4)12-16(22)25-3/h5-6,8-9,12,20H,7,10-11H2,1-4H3,(H,19,23)/b15-12+. The third kappa shape index (κ3) is 6.94. The number of amides is 1. The van der Waals surface area contributed by atoms with Gasteiger partial charge in [-0.15, -0.1) is 0 Å². The molecule has 142 valence electrons. The van der Waals surface area contributed by atoms with Crippen LogP contribution >= 0.6 is 0 Å². The molecule has 0 aromatic heterocycles. The highest BCUT2D eigenvalue weighted by Gasteiger charge is 2.17. The topological polar surface area (TPSA) is 97.0 Å². The van der Waals surface area contributed by atoms with Crippen LogP contribution in [-0.2, 0) is 19.1 Å². The lowest BCUT2D eigenvalue weighted by Crippen LogP contribution is -2.28. The Labute approximate surface area is 153 Å². The Hall–Kier alpha value is -2.87. The molecular formula is C18H25N3O5. The fraction of sp³-hybridized carbons (Fsp3) is 0.389. The molecule has 0 spiro atoms. The summed E-state index contributed by atoms with van der Waals surface area (Å²) in [5.74, 6) is -1.76. The monoisotopic (exact) mass is 363 g/mol. The Kier molecular flexibility index (Phi) is 8.86. The van der Waals surface area contributed by atoms with Crippen LogP contribution in [0.2, 0.25) is 0 Å². The highest BCUT2D eigenvalue weighted by molar-refractivity contribution is 6.03. The zero-order valence-electron chi connectivity index (χ0n) is 15.5. The minimum atomic E-state index is -0.753. The SMILES string of the molecule is COC(=O)/C=C(/Nc1ccccc1C(=O)NCCCN(C)C)C(=O)OC. The number of anilines is 1. The summed E-state index contributed by atoms with van der Waals surface area (Å²) < 4.78 is 9.18. The lowest BCUT2D eigenvalue weighted by molar-refractivity contribution is -0.138. The Morgan fingerprint density at radius 1 is 1.12 bits per heavy atom. The van der Waals surface area contributed by atoms with Crippen LogP contribution in [0.3, 0.4) is 0 Å². The van der Waals surface area contributed by atoms with Gasteiger partial charge in [0.2, 0.25) is 0 Å². The molecule has 8 heteroatoms. The van der Waals surface area contributed by atoms with E-state index in [1.54, 1.807) is 24.3 Å². The number of rotatable bonds is 9. The Balaban J connectivity index is 2.92. The molecule has 26 heavy (non-hydrogen) atoms. The van der Waals surface area contributed by atoms with Crippen LogP contribution in [0, 0.1) is 0 Å². The van der Waals surface area contributed by atoms with E-state index in [0.29, 0.717) is 17.8 Å². The molecule has 0 fully saturated rings. The van der Waals surface area contributed by atoms with Gasteiger partial charge in [-0.3, -0.25) is 4.79 Å². The maximum absolute atomic E-state index is 12.4. The van der Waals surface area contributed by atoms with E-state index in [0.717, 1.165) is 19.0 Å². The van der Waals surface area contributed by atoms with Crippen LogP contribution in [0.15, 0.2) is 36.0 Å². The van der Waals surface area contributed by atoms with Gasteiger partial charge < -0.3 is 25.0 Å². The lowest BCUT2D eigenvalue weighted by atomic mass is 10.1. The third-order valence-corrected chi connectivity index (χ3v) is 3.38. The van der Waals surface area contributed by atoms with Crippen LogP contribution in [0.5, 0.6) is 0 Å². The zero-order chi connectivity index (χ0) is 19.5. The summed E-state index contributed by atoms with van der Waals surface area (Å²) in [6.07, 6.45) is 1.78. The molecule has 0 saturated heterocycles. The van der Waals surface area contributed by atoms with Crippen LogP contribution in [0.1, 0.15) is 16.8 Å². The van der Waals surface area contributed by atoms with Crippen molar-refractivity contribution in [1.29, 1.82) is 0 Å². The van der Waals surface area contributed by atoms with Crippen molar-refractivity contribution in [3.8, 4) is 0 Å². The normalized spacial score (nSPS) is 11.0. The second-order valence-corrected chi connectivity index (χ2v) is 5.66. The minimum Gasteiger partial charge on any atom is -0.466 e. The number of ether oxygens (including phenoxy) is 2. The number of carbonyl (C=O) groups is 3. The van der Waals surface area contributed by atoms with Gasteiger partial charge in [0.05, 0.1) is 31.5 Å². The number of para-hydroxylation sites is 1. The fourth-order valence-electron chi connectivity index (χ4n) is 2.06. The molecule has 0 atom stereocenters. The van der Waals surface area contributed by atoms with E-state index in [1.165, 1.54) is 14.2 Å². The van der Waals surface area contributed by atoms with Gasteiger partial charge in [0.1, 0.15) is 5.70 Å². The highest BCUT2D eigenvalue weighted by atomic mass is 16.5. The summed E-state index contributed by atoms with van der Waals surface area (Å²) in [6.45, 7) is 1.38. The maximum Gasteiger partial charge on any atom is 0.354 e. The zero-order valence-corrected chi connectivity index (χ0v) is 15.5. The number of nitrogens with one attached hydrogen (secondary N) is 2. The molecule has 0 aliphatic rings. The lowest BCUT2D eigenvalue weighted by Gasteiger charge is -2.14. The van der Waals surface area contributed by atoms with Crippen LogP contribution < -0.4 is 10.6 Å². The molecule has 0 heterocycles. The highest BCUT2D eigenvalue weighted by Crippen LogP contribution is 2.18. The minimum absolute atomic E-state index is 0.132. The molecule has 0 radical (unpaired) electrons. The van der Waals surface area contributed by atoms with Gasteiger partial charge in [0.25, 0.3) is 5.91 Å². The van der Waals surface area contributed by atoms with Gasteiger partial charge >= 0.3 is 11.9 Å². The number of hydrogen-bond donors (Lipinski definition) is 2. The van der Waals surface area contributed by atoms with Crippen molar-refractivity contribution in [3.63, 3.8) is 0 Å². The molecule has 0 unspecified atom stereocenters. The van der Waals surface area contributed by atoms with E-state index >= 15 is 0 Å². The van der Waals surface area contributed by atoms with Crippen molar-refractivity contribution in [2.24, 2.45) is 0 Å². The molecule has 0 bridgehead atoms. The summed E-state index contributed by atoms with van der Waals surface area (Å²) >= 11 is 0. The van der Waals surface area contributed by atoms with Gasteiger partial charge in [0.15, 0.2) is 0 Å². The molecular weight excluding hydrogens is 338 g/mol. The molecule has 1 aromatic rings. The third-order valence-electron chi connectivity index (χ3n) is 3.38. The van der Waals surface area contributed by atoms with E-state index < -0.39 is 11.9 Å². The smallest absolute Gasteiger partial charge is 0.354 e. The molecule has 8 nitrogen and oxygen atoms in total. The molecule has 0 saturated carbocycles. The van der Waals surface area contributed by atoms with E-state index in [-0.39, 0.29) is 11.6 Å². The van der Waals surface area contributed by atoms with Gasteiger partial charge in [-0.25, -0.2) is 9.59 Å².